The van der Waals surface area contributed by atoms with Crippen molar-refractivity contribution in [1.29, 1.82) is 0 Å². The Balaban J connectivity index is 1.77. The highest BCUT2D eigenvalue weighted by atomic mass is 16.5. The average molecular weight is 282 g/mol. The van der Waals surface area contributed by atoms with Gasteiger partial charge in [-0.3, -0.25) is 0 Å². The van der Waals surface area contributed by atoms with Gasteiger partial charge < -0.3 is 9.72 Å². The maximum Gasteiger partial charge on any atom is 0.122 e. The van der Waals surface area contributed by atoms with Crippen LogP contribution in [0.3, 0.4) is 0 Å². The number of fused-ring (bicyclic) bond motifs is 1. The normalized spacial score (nSPS) is 25.5. The molecule has 21 heavy (non-hydrogen) atoms. The van der Waals surface area contributed by atoms with E-state index in [1.54, 1.807) is 0 Å². The number of imidazole rings is 1. The Kier molecular flexibility index (Phi) is 2.54. The zero-order chi connectivity index (χ0) is 14.8. The van der Waals surface area contributed by atoms with Crippen LogP contribution in [-0.2, 0) is 6.42 Å². The minimum atomic E-state index is 0.268. The van der Waals surface area contributed by atoms with Crippen LogP contribution in [0.4, 0.5) is 0 Å². The van der Waals surface area contributed by atoms with E-state index in [9.17, 15) is 0 Å². The lowest BCUT2D eigenvalue weighted by atomic mass is 9.96. The number of hydrogen-bond acceptors (Lipinski definition) is 2. The first-order chi connectivity index (χ1) is 10.00. The molecule has 110 valence electrons. The fraction of sp³-hybridized carbons (Fsp3) is 0.500. The van der Waals surface area contributed by atoms with Gasteiger partial charge in [0.2, 0.25) is 0 Å². The molecule has 1 fully saturated rings. The molecule has 1 saturated carbocycles. The Morgan fingerprint density at radius 2 is 2.05 bits per heavy atom. The van der Waals surface area contributed by atoms with Crippen LogP contribution in [0.15, 0.2) is 18.2 Å². The van der Waals surface area contributed by atoms with E-state index in [0.717, 1.165) is 24.6 Å². The van der Waals surface area contributed by atoms with Crippen molar-refractivity contribution >= 4 is 0 Å². The Bertz CT molecular complexity index is 714. The molecular formula is C18H22N2O. The molecule has 0 radical (unpaired) electrons. The van der Waals surface area contributed by atoms with Crippen molar-refractivity contribution in [3.05, 3.63) is 46.5 Å². The maximum absolute atomic E-state index is 5.73. The fourth-order valence-electron chi connectivity index (χ4n) is 4.20. The first kappa shape index (κ1) is 12.9. The Hall–Kier alpha value is -1.77. The SMILES string of the molecule is Cc1nc(C2C(c3cccc4c3CCO4)C2(C)C)c(C)[nH]1. The van der Waals surface area contributed by atoms with E-state index in [1.165, 1.54) is 22.5 Å². The summed E-state index contributed by atoms with van der Waals surface area (Å²) >= 11 is 0. The van der Waals surface area contributed by atoms with E-state index in [2.05, 4.69) is 44.0 Å². The van der Waals surface area contributed by atoms with Gasteiger partial charge in [0.25, 0.3) is 0 Å². The summed E-state index contributed by atoms with van der Waals surface area (Å²) in [6.45, 7) is 9.72. The van der Waals surface area contributed by atoms with Gasteiger partial charge in [0, 0.05) is 23.6 Å². The monoisotopic (exact) mass is 282 g/mol. The predicted molar refractivity (Wildman–Crippen MR) is 83.0 cm³/mol. The molecule has 1 aliphatic heterocycles. The Morgan fingerprint density at radius 3 is 2.76 bits per heavy atom. The van der Waals surface area contributed by atoms with Crippen LogP contribution in [0.1, 0.15) is 54.0 Å². The van der Waals surface area contributed by atoms with Crippen LogP contribution in [0.5, 0.6) is 5.75 Å². The molecule has 1 aromatic heterocycles. The van der Waals surface area contributed by atoms with E-state index in [1.807, 2.05) is 6.92 Å². The molecule has 1 N–H and O–H groups in total. The molecule has 0 spiro atoms. The van der Waals surface area contributed by atoms with Crippen molar-refractivity contribution in [1.82, 2.24) is 9.97 Å². The lowest BCUT2D eigenvalue weighted by molar-refractivity contribution is 0.357. The smallest absolute Gasteiger partial charge is 0.122 e. The zero-order valence-corrected chi connectivity index (χ0v) is 13.2. The van der Waals surface area contributed by atoms with Crippen LogP contribution in [0, 0.1) is 19.3 Å². The third-order valence-electron chi connectivity index (χ3n) is 5.28. The number of nitrogens with zero attached hydrogens (tertiary/aromatic N) is 1. The second-order valence-corrected chi connectivity index (χ2v) is 7.03. The first-order valence-electron chi connectivity index (χ1n) is 7.78. The maximum atomic E-state index is 5.73. The van der Waals surface area contributed by atoms with Crippen LogP contribution in [0.25, 0.3) is 0 Å². The molecule has 1 aliphatic carbocycles. The predicted octanol–water partition coefficient (Wildman–Crippen LogP) is 3.87. The average Bonchev–Trinajstić information content (AvgIpc) is 2.81. The second-order valence-electron chi connectivity index (χ2n) is 7.03. The number of rotatable bonds is 2. The first-order valence-corrected chi connectivity index (χ1v) is 7.78. The molecule has 0 amide bonds. The largest absolute Gasteiger partial charge is 0.493 e. The summed E-state index contributed by atoms with van der Waals surface area (Å²) < 4.78 is 5.73. The van der Waals surface area contributed by atoms with E-state index in [0.29, 0.717) is 11.8 Å². The highest BCUT2D eigenvalue weighted by Gasteiger charge is 2.61. The molecule has 2 aromatic rings. The topological polar surface area (TPSA) is 37.9 Å². The molecule has 2 atom stereocenters. The molecule has 2 heterocycles. The number of aryl methyl sites for hydroxylation is 2. The van der Waals surface area contributed by atoms with Crippen LogP contribution in [0.2, 0.25) is 0 Å². The molecule has 2 aliphatic rings. The minimum Gasteiger partial charge on any atom is -0.493 e. The van der Waals surface area contributed by atoms with Gasteiger partial charge in [0.1, 0.15) is 11.6 Å². The molecule has 3 heteroatoms. The minimum absolute atomic E-state index is 0.268. The van der Waals surface area contributed by atoms with Gasteiger partial charge in [-0.05, 0) is 36.8 Å². The van der Waals surface area contributed by atoms with E-state index in [-0.39, 0.29) is 5.41 Å². The fourth-order valence-corrected chi connectivity index (χ4v) is 4.20. The zero-order valence-electron chi connectivity index (χ0n) is 13.2. The molecule has 2 unspecified atom stereocenters. The summed E-state index contributed by atoms with van der Waals surface area (Å²) in [5.74, 6) is 3.17. The lowest BCUT2D eigenvalue weighted by Crippen LogP contribution is -1.94. The second kappa shape index (κ2) is 4.12. The Labute approximate surface area is 125 Å². The standard InChI is InChI=1S/C18H22N2O/c1-10-17(20-11(2)19-10)16-15(18(16,3)4)13-6-5-7-14-12(13)8-9-21-14/h5-7,15-16H,8-9H2,1-4H3,(H,19,20). The van der Waals surface area contributed by atoms with Crippen molar-refractivity contribution in [2.75, 3.05) is 6.61 Å². The number of benzene rings is 1. The van der Waals surface area contributed by atoms with Crippen molar-refractivity contribution in [2.45, 2.75) is 46.0 Å². The van der Waals surface area contributed by atoms with Gasteiger partial charge in [-0.15, -0.1) is 0 Å². The molecule has 4 rings (SSSR count). The van der Waals surface area contributed by atoms with Gasteiger partial charge in [-0.1, -0.05) is 26.0 Å². The third kappa shape index (κ3) is 1.76. The quantitative estimate of drug-likeness (QED) is 0.908. The molecule has 1 aromatic carbocycles. The number of hydrogen-bond donors (Lipinski definition) is 1. The van der Waals surface area contributed by atoms with Crippen LogP contribution < -0.4 is 4.74 Å². The molecule has 0 bridgehead atoms. The van der Waals surface area contributed by atoms with Crippen molar-refractivity contribution in [3.63, 3.8) is 0 Å². The van der Waals surface area contributed by atoms with E-state index >= 15 is 0 Å². The highest BCUT2D eigenvalue weighted by molar-refractivity contribution is 5.51. The summed E-state index contributed by atoms with van der Waals surface area (Å²) in [4.78, 5) is 8.11. The molecule has 0 saturated heterocycles. The summed E-state index contributed by atoms with van der Waals surface area (Å²) in [5.41, 5.74) is 5.63. The summed E-state index contributed by atoms with van der Waals surface area (Å²) in [6, 6.07) is 6.52. The van der Waals surface area contributed by atoms with Gasteiger partial charge in [0.15, 0.2) is 0 Å². The number of nitrogens with one attached hydrogen (secondary N) is 1. The van der Waals surface area contributed by atoms with Crippen LogP contribution >= 0.6 is 0 Å². The van der Waals surface area contributed by atoms with Gasteiger partial charge in [-0.25, -0.2) is 4.98 Å². The van der Waals surface area contributed by atoms with Crippen molar-refractivity contribution < 1.29 is 4.74 Å². The third-order valence-corrected chi connectivity index (χ3v) is 5.28. The van der Waals surface area contributed by atoms with Gasteiger partial charge in [-0.2, -0.15) is 0 Å². The number of aromatic amines is 1. The Morgan fingerprint density at radius 1 is 1.24 bits per heavy atom. The van der Waals surface area contributed by atoms with Gasteiger partial charge in [0.05, 0.1) is 12.3 Å². The summed E-state index contributed by atoms with van der Waals surface area (Å²) in [5, 5.41) is 0. The van der Waals surface area contributed by atoms with Crippen LogP contribution in [-0.4, -0.2) is 16.6 Å². The summed E-state index contributed by atoms with van der Waals surface area (Å²) in [7, 11) is 0. The number of H-pyrrole nitrogens is 1. The lowest BCUT2D eigenvalue weighted by Gasteiger charge is -2.08. The number of aromatic nitrogens is 2. The number of ether oxygens (including phenoxy) is 1. The molecule has 3 nitrogen and oxygen atoms in total. The summed E-state index contributed by atoms with van der Waals surface area (Å²) in [6.07, 6.45) is 1.05. The van der Waals surface area contributed by atoms with Gasteiger partial charge >= 0.3 is 0 Å². The molecular weight excluding hydrogens is 260 g/mol. The van der Waals surface area contributed by atoms with Crippen molar-refractivity contribution in [3.8, 4) is 5.75 Å². The van der Waals surface area contributed by atoms with Crippen molar-refractivity contribution in [2.24, 2.45) is 5.41 Å². The van der Waals surface area contributed by atoms with E-state index < -0.39 is 0 Å². The highest BCUT2D eigenvalue weighted by Crippen LogP contribution is 2.70. The van der Waals surface area contributed by atoms with E-state index in [4.69, 9.17) is 9.72 Å².